The molecule has 0 aromatic carbocycles. The molecule has 0 rings (SSSR count). The molecule has 0 aromatic heterocycles. The van der Waals surface area contributed by atoms with Gasteiger partial charge in [0.25, 0.3) is 0 Å². The molecule has 1 nitrogen and oxygen atoms in total. The SMILES string of the molecule is [CH2]CCCC(=O)C(C)C. The van der Waals surface area contributed by atoms with Crippen molar-refractivity contribution in [2.24, 2.45) is 5.92 Å². The Hall–Kier alpha value is -0.330. The summed E-state index contributed by atoms with van der Waals surface area (Å²) < 4.78 is 0. The molecule has 0 amide bonds. The van der Waals surface area contributed by atoms with Crippen molar-refractivity contribution in [1.29, 1.82) is 0 Å². The Morgan fingerprint density at radius 3 is 2.44 bits per heavy atom. The van der Waals surface area contributed by atoms with Crippen LogP contribution in [0.5, 0.6) is 0 Å². The van der Waals surface area contributed by atoms with Gasteiger partial charge < -0.3 is 0 Å². The monoisotopic (exact) mass is 127 g/mol. The minimum Gasteiger partial charge on any atom is -0.299 e. The lowest BCUT2D eigenvalue weighted by atomic mass is 10.0. The number of Topliss-reactive ketones (excluding diaryl/α,β-unsaturated/α-hetero) is 1. The van der Waals surface area contributed by atoms with Gasteiger partial charge in [0, 0.05) is 12.3 Å². The summed E-state index contributed by atoms with van der Waals surface area (Å²) in [5.74, 6) is 0.565. The van der Waals surface area contributed by atoms with E-state index in [1.807, 2.05) is 13.8 Å². The van der Waals surface area contributed by atoms with Gasteiger partial charge in [-0.1, -0.05) is 27.2 Å². The van der Waals surface area contributed by atoms with Crippen LogP contribution in [0.25, 0.3) is 0 Å². The standard InChI is InChI=1S/C8H15O/c1-4-5-6-8(9)7(2)3/h7H,1,4-6H2,2-3H3. The molecule has 0 aromatic rings. The van der Waals surface area contributed by atoms with Crippen LogP contribution in [0.4, 0.5) is 0 Å². The van der Waals surface area contributed by atoms with Gasteiger partial charge in [-0.2, -0.15) is 0 Å². The summed E-state index contributed by atoms with van der Waals surface area (Å²) in [6.45, 7) is 7.54. The van der Waals surface area contributed by atoms with Crippen molar-refractivity contribution in [2.45, 2.75) is 33.1 Å². The van der Waals surface area contributed by atoms with Crippen molar-refractivity contribution in [3.05, 3.63) is 6.92 Å². The van der Waals surface area contributed by atoms with E-state index in [9.17, 15) is 4.79 Å². The molecular formula is C8H15O. The van der Waals surface area contributed by atoms with Crippen molar-refractivity contribution in [1.82, 2.24) is 0 Å². The Bertz CT molecular complexity index is 84.6. The van der Waals surface area contributed by atoms with Gasteiger partial charge in [0.1, 0.15) is 5.78 Å². The zero-order valence-corrected chi connectivity index (χ0v) is 6.31. The van der Waals surface area contributed by atoms with Crippen molar-refractivity contribution < 1.29 is 4.79 Å². The highest BCUT2D eigenvalue weighted by Gasteiger charge is 2.04. The molecule has 1 radical (unpaired) electrons. The van der Waals surface area contributed by atoms with Crippen LogP contribution in [-0.2, 0) is 4.79 Å². The van der Waals surface area contributed by atoms with E-state index < -0.39 is 0 Å². The van der Waals surface area contributed by atoms with E-state index in [1.165, 1.54) is 0 Å². The molecule has 9 heavy (non-hydrogen) atoms. The molecule has 0 saturated carbocycles. The molecular weight excluding hydrogens is 112 g/mol. The summed E-state index contributed by atoms with van der Waals surface area (Å²) in [5.41, 5.74) is 0. The normalized spacial score (nSPS) is 10.2. The van der Waals surface area contributed by atoms with E-state index in [1.54, 1.807) is 0 Å². The smallest absolute Gasteiger partial charge is 0.135 e. The molecule has 0 aliphatic carbocycles. The first-order chi connectivity index (χ1) is 4.18. The molecule has 0 atom stereocenters. The van der Waals surface area contributed by atoms with E-state index >= 15 is 0 Å². The molecule has 0 N–H and O–H groups in total. The van der Waals surface area contributed by atoms with Crippen LogP contribution < -0.4 is 0 Å². The molecule has 0 aliphatic rings. The number of carbonyl (C=O) groups is 1. The van der Waals surface area contributed by atoms with Crippen LogP contribution in [-0.4, -0.2) is 5.78 Å². The Balaban J connectivity index is 3.28. The van der Waals surface area contributed by atoms with Gasteiger partial charge in [-0.3, -0.25) is 4.79 Å². The third kappa shape index (κ3) is 4.19. The molecule has 53 valence electrons. The number of unbranched alkanes of at least 4 members (excludes halogenated alkanes) is 1. The fourth-order valence-corrected chi connectivity index (χ4v) is 0.588. The third-order valence-electron chi connectivity index (χ3n) is 1.32. The van der Waals surface area contributed by atoms with E-state index in [2.05, 4.69) is 6.92 Å². The van der Waals surface area contributed by atoms with Crippen LogP contribution in [0.1, 0.15) is 33.1 Å². The Kier molecular flexibility index (Phi) is 4.37. The predicted octanol–water partition coefficient (Wildman–Crippen LogP) is 2.22. The molecule has 0 unspecified atom stereocenters. The first-order valence-electron chi connectivity index (χ1n) is 3.50. The maximum absolute atomic E-state index is 10.9. The van der Waals surface area contributed by atoms with E-state index in [0.717, 1.165) is 12.8 Å². The molecule has 1 heteroatoms. The molecule has 0 aliphatic heterocycles. The predicted molar refractivity (Wildman–Crippen MR) is 39.1 cm³/mol. The molecule has 0 saturated heterocycles. The van der Waals surface area contributed by atoms with Gasteiger partial charge in [-0.25, -0.2) is 0 Å². The summed E-state index contributed by atoms with van der Waals surface area (Å²) in [6, 6.07) is 0. The summed E-state index contributed by atoms with van der Waals surface area (Å²) in [5, 5.41) is 0. The van der Waals surface area contributed by atoms with E-state index in [-0.39, 0.29) is 5.92 Å². The van der Waals surface area contributed by atoms with E-state index in [0.29, 0.717) is 12.2 Å². The van der Waals surface area contributed by atoms with Gasteiger partial charge in [0.2, 0.25) is 0 Å². The Morgan fingerprint density at radius 1 is 1.56 bits per heavy atom. The number of rotatable bonds is 4. The van der Waals surface area contributed by atoms with Crippen molar-refractivity contribution in [3.63, 3.8) is 0 Å². The van der Waals surface area contributed by atoms with Crippen molar-refractivity contribution >= 4 is 5.78 Å². The number of hydrogen-bond donors (Lipinski definition) is 0. The minimum atomic E-state index is 0.205. The van der Waals surface area contributed by atoms with Gasteiger partial charge in [-0.05, 0) is 6.42 Å². The fraction of sp³-hybridized carbons (Fsp3) is 0.750. The highest BCUT2D eigenvalue weighted by atomic mass is 16.1. The zero-order chi connectivity index (χ0) is 7.28. The first kappa shape index (κ1) is 8.67. The third-order valence-corrected chi connectivity index (χ3v) is 1.32. The lowest BCUT2D eigenvalue weighted by molar-refractivity contribution is -0.121. The first-order valence-corrected chi connectivity index (χ1v) is 3.50. The number of carbonyl (C=O) groups excluding carboxylic acids is 1. The second-order valence-corrected chi connectivity index (χ2v) is 2.58. The summed E-state index contributed by atoms with van der Waals surface area (Å²) >= 11 is 0. The van der Waals surface area contributed by atoms with Crippen LogP contribution >= 0.6 is 0 Å². The second-order valence-electron chi connectivity index (χ2n) is 2.58. The fourth-order valence-electron chi connectivity index (χ4n) is 0.588. The minimum absolute atomic E-state index is 0.205. The van der Waals surface area contributed by atoms with E-state index in [4.69, 9.17) is 0 Å². The average molecular weight is 127 g/mol. The molecule has 0 bridgehead atoms. The van der Waals surface area contributed by atoms with Crippen molar-refractivity contribution in [3.8, 4) is 0 Å². The maximum atomic E-state index is 10.9. The highest BCUT2D eigenvalue weighted by molar-refractivity contribution is 5.80. The topological polar surface area (TPSA) is 17.1 Å². The van der Waals surface area contributed by atoms with Gasteiger partial charge >= 0.3 is 0 Å². The lowest BCUT2D eigenvalue weighted by Gasteiger charge is -2.00. The van der Waals surface area contributed by atoms with Crippen LogP contribution in [0, 0.1) is 12.8 Å². The van der Waals surface area contributed by atoms with Crippen LogP contribution in [0.2, 0.25) is 0 Å². The van der Waals surface area contributed by atoms with Gasteiger partial charge in [-0.15, -0.1) is 0 Å². The number of hydrogen-bond acceptors (Lipinski definition) is 1. The summed E-state index contributed by atoms with van der Waals surface area (Å²) in [6.07, 6.45) is 2.52. The Morgan fingerprint density at radius 2 is 2.11 bits per heavy atom. The summed E-state index contributed by atoms with van der Waals surface area (Å²) in [4.78, 5) is 10.9. The molecule has 0 heterocycles. The van der Waals surface area contributed by atoms with Crippen LogP contribution in [0.15, 0.2) is 0 Å². The zero-order valence-electron chi connectivity index (χ0n) is 6.31. The lowest BCUT2D eigenvalue weighted by Crippen LogP contribution is -2.05. The maximum Gasteiger partial charge on any atom is 0.135 e. The summed E-state index contributed by atoms with van der Waals surface area (Å²) in [7, 11) is 0. The average Bonchev–Trinajstić information content (AvgIpc) is 1.82. The second kappa shape index (κ2) is 4.54. The van der Waals surface area contributed by atoms with Crippen LogP contribution in [0.3, 0.4) is 0 Å². The molecule has 0 fully saturated rings. The highest BCUT2D eigenvalue weighted by Crippen LogP contribution is 2.02. The van der Waals surface area contributed by atoms with Gasteiger partial charge in [0.15, 0.2) is 0 Å². The largest absolute Gasteiger partial charge is 0.299 e. The Labute approximate surface area is 57.5 Å². The van der Waals surface area contributed by atoms with Gasteiger partial charge in [0.05, 0.1) is 0 Å². The molecule has 0 spiro atoms. The quantitative estimate of drug-likeness (QED) is 0.566. The van der Waals surface area contributed by atoms with Crippen molar-refractivity contribution in [2.75, 3.05) is 0 Å². The number of ketones is 1.